The number of thioether (sulfide) groups is 1. The topological polar surface area (TPSA) is 51.0 Å². The Kier molecular flexibility index (Phi) is 5.26. The Morgan fingerprint density at radius 2 is 1.84 bits per heavy atom. The van der Waals surface area contributed by atoms with Crippen LogP contribution in [-0.4, -0.2) is 31.3 Å². The molecule has 4 aromatic rings. The normalized spacial score (nSPS) is 16.1. The quantitative estimate of drug-likeness (QED) is 0.454. The number of hydrogen-bond donors (Lipinski definition) is 0. The zero-order chi connectivity index (χ0) is 21.2. The molecule has 5 rings (SSSR count). The number of hydrogen-bond acceptors (Lipinski definition) is 4. The molecular weight excluding hydrogens is 411 g/mol. The average Bonchev–Trinajstić information content (AvgIpc) is 3.40. The van der Waals surface area contributed by atoms with Gasteiger partial charge in [0.25, 0.3) is 0 Å². The summed E-state index contributed by atoms with van der Waals surface area (Å²) < 4.78 is 15.4. The highest BCUT2D eigenvalue weighted by Crippen LogP contribution is 2.43. The number of aromatic nitrogens is 3. The van der Waals surface area contributed by atoms with E-state index in [4.69, 9.17) is 5.10 Å². The van der Waals surface area contributed by atoms with Crippen molar-refractivity contribution in [1.29, 1.82) is 0 Å². The van der Waals surface area contributed by atoms with E-state index in [1.165, 1.54) is 12.1 Å². The first-order chi connectivity index (χ1) is 15.2. The summed E-state index contributed by atoms with van der Waals surface area (Å²) in [4.78, 5) is 18.8. The van der Waals surface area contributed by atoms with Crippen LogP contribution in [0.1, 0.15) is 16.5 Å². The lowest BCUT2D eigenvalue weighted by atomic mass is 10.1. The molecule has 1 amide bonds. The Hall–Kier alpha value is -3.45. The van der Waals surface area contributed by atoms with Gasteiger partial charge < -0.3 is 4.90 Å². The third kappa shape index (κ3) is 3.96. The Balaban J connectivity index is 1.58. The molecule has 1 saturated heterocycles. The summed E-state index contributed by atoms with van der Waals surface area (Å²) in [5.74, 6) is 0.192. The van der Waals surface area contributed by atoms with Gasteiger partial charge in [0.2, 0.25) is 5.91 Å². The van der Waals surface area contributed by atoms with Crippen molar-refractivity contribution >= 4 is 17.7 Å². The van der Waals surface area contributed by atoms with Crippen LogP contribution in [0.3, 0.4) is 0 Å². The molecule has 1 unspecified atom stereocenters. The molecule has 0 saturated carbocycles. The largest absolute Gasteiger partial charge is 0.321 e. The summed E-state index contributed by atoms with van der Waals surface area (Å²) in [5, 5.41) is 4.63. The smallest absolute Gasteiger partial charge is 0.234 e. The average molecular weight is 431 g/mol. The van der Waals surface area contributed by atoms with Gasteiger partial charge in [0, 0.05) is 36.3 Å². The maximum atomic E-state index is 13.5. The van der Waals surface area contributed by atoms with Crippen LogP contribution in [0.4, 0.5) is 4.39 Å². The number of carbonyl (C=O) groups excluding carboxylic acids is 1. The number of para-hydroxylation sites is 1. The minimum Gasteiger partial charge on any atom is -0.321 e. The molecule has 0 N–H and O–H groups in total. The third-order valence-corrected chi connectivity index (χ3v) is 6.43. The fourth-order valence-electron chi connectivity index (χ4n) is 3.68. The number of pyridine rings is 1. The van der Waals surface area contributed by atoms with Crippen molar-refractivity contribution in [1.82, 2.24) is 19.7 Å². The molecule has 1 fully saturated rings. The fraction of sp³-hybridized carbons (Fsp3) is 0.125. The first-order valence-electron chi connectivity index (χ1n) is 9.90. The van der Waals surface area contributed by atoms with Crippen molar-refractivity contribution < 1.29 is 9.18 Å². The third-order valence-electron chi connectivity index (χ3n) is 5.19. The maximum Gasteiger partial charge on any atom is 0.234 e. The number of benzene rings is 2. The van der Waals surface area contributed by atoms with E-state index in [-0.39, 0.29) is 17.1 Å². The number of halogens is 1. The number of rotatable bonds is 5. The Morgan fingerprint density at radius 1 is 1.03 bits per heavy atom. The molecular formula is C24H19FN4OS. The van der Waals surface area contributed by atoms with E-state index in [2.05, 4.69) is 4.98 Å². The molecule has 7 heteroatoms. The molecule has 1 aliphatic rings. The first kappa shape index (κ1) is 19.5. The van der Waals surface area contributed by atoms with Gasteiger partial charge in [-0.3, -0.25) is 9.78 Å². The molecule has 1 atom stereocenters. The molecule has 0 radical (unpaired) electrons. The van der Waals surface area contributed by atoms with Gasteiger partial charge in [0.05, 0.1) is 17.1 Å². The van der Waals surface area contributed by atoms with Crippen LogP contribution in [-0.2, 0) is 11.3 Å². The highest BCUT2D eigenvalue weighted by molar-refractivity contribution is 8.00. The van der Waals surface area contributed by atoms with Gasteiger partial charge >= 0.3 is 0 Å². The standard InChI is InChI=1S/C24H19FN4OS/c25-19-10-8-18(9-11-19)23-21(15-29(27-23)20-6-2-1-3-7-20)24-28(22(30)16-31-24)14-17-5-4-12-26-13-17/h1-13,15,24H,14,16H2. The lowest BCUT2D eigenvalue weighted by molar-refractivity contribution is -0.128. The monoisotopic (exact) mass is 430 g/mol. The van der Waals surface area contributed by atoms with Gasteiger partial charge in [-0.15, -0.1) is 11.8 Å². The van der Waals surface area contributed by atoms with Crippen molar-refractivity contribution in [3.05, 3.63) is 102 Å². The summed E-state index contributed by atoms with van der Waals surface area (Å²) in [6.07, 6.45) is 5.47. The van der Waals surface area contributed by atoms with E-state index in [0.29, 0.717) is 12.3 Å². The van der Waals surface area contributed by atoms with Crippen molar-refractivity contribution in [3.63, 3.8) is 0 Å². The van der Waals surface area contributed by atoms with Crippen molar-refractivity contribution in [2.24, 2.45) is 0 Å². The lowest BCUT2D eigenvalue weighted by Gasteiger charge is -2.24. The predicted molar refractivity (Wildman–Crippen MR) is 119 cm³/mol. The molecule has 31 heavy (non-hydrogen) atoms. The predicted octanol–water partition coefficient (Wildman–Crippen LogP) is 4.85. The van der Waals surface area contributed by atoms with Gasteiger partial charge in [-0.05, 0) is 48.0 Å². The van der Waals surface area contributed by atoms with Crippen LogP contribution in [0, 0.1) is 5.82 Å². The fourth-order valence-corrected chi connectivity index (χ4v) is 4.87. The molecule has 3 heterocycles. The van der Waals surface area contributed by atoms with E-state index < -0.39 is 0 Å². The van der Waals surface area contributed by atoms with Crippen LogP contribution >= 0.6 is 11.8 Å². The SMILES string of the molecule is O=C1CSC(c2cn(-c3ccccc3)nc2-c2ccc(F)cc2)N1Cc1cccnc1. The summed E-state index contributed by atoms with van der Waals surface area (Å²) in [7, 11) is 0. The highest BCUT2D eigenvalue weighted by atomic mass is 32.2. The zero-order valence-corrected chi connectivity index (χ0v) is 17.4. The van der Waals surface area contributed by atoms with Gasteiger partial charge in [0.1, 0.15) is 11.2 Å². The second kappa shape index (κ2) is 8.35. The van der Waals surface area contributed by atoms with Gasteiger partial charge in [-0.2, -0.15) is 5.10 Å². The molecule has 0 spiro atoms. The number of nitrogens with zero attached hydrogens (tertiary/aromatic N) is 4. The summed E-state index contributed by atoms with van der Waals surface area (Å²) in [5.41, 5.74) is 4.38. The molecule has 1 aliphatic heterocycles. The molecule has 0 aliphatic carbocycles. The molecule has 5 nitrogen and oxygen atoms in total. The lowest BCUT2D eigenvalue weighted by Crippen LogP contribution is -2.27. The van der Waals surface area contributed by atoms with E-state index in [0.717, 1.165) is 28.1 Å². The van der Waals surface area contributed by atoms with Crippen molar-refractivity contribution in [2.45, 2.75) is 11.9 Å². The molecule has 0 bridgehead atoms. The van der Waals surface area contributed by atoms with Gasteiger partial charge in [-0.25, -0.2) is 9.07 Å². The van der Waals surface area contributed by atoms with Crippen LogP contribution in [0.5, 0.6) is 0 Å². The van der Waals surface area contributed by atoms with Crippen LogP contribution in [0.15, 0.2) is 85.3 Å². The number of amides is 1. The molecule has 2 aromatic carbocycles. The van der Waals surface area contributed by atoms with Gasteiger partial charge in [-0.1, -0.05) is 24.3 Å². The highest BCUT2D eigenvalue weighted by Gasteiger charge is 2.36. The molecule has 154 valence electrons. The maximum absolute atomic E-state index is 13.5. The zero-order valence-electron chi connectivity index (χ0n) is 16.6. The van der Waals surface area contributed by atoms with E-state index >= 15 is 0 Å². The molecule has 2 aromatic heterocycles. The minimum absolute atomic E-state index is 0.0800. The van der Waals surface area contributed by atoms with E-state index in [1.54, 1.807) is 36.3 Å². The minimum atomic E-state index is -0.295. The van der Waals surface area contributed by atoms with Crippen LogP contribution < -0.4 is 0 Å². The van der Waals surface area contributed by atoms with Crippen molar-refractivity contribution in [3.8, 4) is 16.9 Å². The first-order valence-corrected chi connectivity index (χ1v) is 10.9. The van der Waals surface area contributed by atoms with E-state index in [1.807, 2.05) is 58.2 Å². The van der Waals surface area contributed by atoms with Crippen LogP contribution in [0.25, 0.3) is 16.9 Å². The Bertz CT molecular complexity index is 1200. The van der Waals surface area contributed by atoms with Crippen molar-refractivity contribution in [2.75, 3.05) is 5.75 Å². The van der Waals surface area contributed by atoms with Gasteiger partial charge in [0.15, 0.2) is 0 Å². The van der Waals surface area contributed by atoms with Crippen LogP contribution in [0.2, 0.25) is 0 Å². The summed E-state index contributed by atoms with van der Waals surface area (Å²) in [6.45, 7) is 0.476. The summed E-state index contributed by atoms with van der Waals surface area (Å²) >= 11 is 1.58. The Morgan fingerprint density at radius 3 is 2.58 bits per heavy atom. The Labute approximate surface area is 183 Å². The second-order valence-electron chi connectivity index (χ2n) is 7.27. The second-order valence-corrected chi connectivity index (χ2v) is 8.33. The number of carbonyl (C=O) groups is 1. The summed E-state index contributed by atoms with van der Waals surface area (Å²) in [6, 6.07) is 20.0. The van der Waals surface area contributed by atoms with E-state index in [9.17, 15) is 9.18 Å².